The summed E-state index contributed by atoms with van der Waals surface area (Å²) in [5.74, 6) is 0.830. The topological polar surface area (TPSA) is 9.23 Å². The first kappa shape index (κ1) is 14.9. The first-order valence-electron chi connectivity index (χ1n) is 5.76. The molecule has 0 bridgehead atoms. The molecule has 0 aromatic heterocycles. The monoisotopic (exact) mass is 402 g/mol. The number of alkyl halides is 1. The largest absolute Gasteiger partial charge is 0.497 e. The molecule has 1 atom stereocenters. The van der Waals surface area contributed by atoms with Crippen molar-refractivity contribution in [3.63, 3.8) is 0 Å². The number of methoxy groups -OCH3 is 1. The molecule has 4 heteroatoms. The van der Waals surface area contributed by atoms with Crippen LogP contribution in [0.1, 0.15) is 22.1 Å². The molecule has 0 amide bonds. The van der Waals surface area contributed by atoms with Gasteiger partial charge in [-0.2, -0.15) is 0 Å². The fraction of sp³-hybridized carbons (Fsp3) is 0.200. The van der Waals surface area contributed by atoms with Crippen molar-refractivity contribution in [3.8, 4) is 5.75 Å². The molecule has 0 saturated carbocycles. The molecule has 100 valence electrons. The van der Waals surface area contributed by atoms with Gasteiger partial charge in [-0.05, 0) is 47.9 Å². The maximum absolute atomic E-state index is 6.57. The standard InChI is InChI=1S/C15H13Br2ClO/c1-9-7-14(17)12(8-13(9)16)15(18)10-3-5-11(19-2)6-4-10/h3-8,15H,1-2H3. The third kappa shape index (κ3) is 3.33. The molecule has 0 aliphatic carbocycles. The summed E-state index contributed by atoms with van der Waals surface area (Å²) in [5, 5.41) is -0.197. The zero-order chi connectivity index (χ0) is 14.0. The van der Waals surface area contributed by atoms with Crippen LogP contribution in [0.2, 0.25) is 0 Å². The van der Waals surface area contributed by atoms with Gasteiger partial charge in [-0.3, -0.25) is 0 Å². The molecular weight excluding hydrogens is 391 g/mol. The molecule has 0 saturated heterocycles. The lowest BCUT2D eigenvalue weighted by Gasteiger charge is -2.14. The molecule has 0 radical (unpaired) electrons. The first-order valence-corrected chi connectivity index (χ1v) is 7.78. The van der Waals surface area contributed by atoms with Crippen LogP contribution in [0.4, 0.5) is 0 Å². The molecule has 1 unspecified atom stereocenters. The van der Waals surface area contributed by atoms with Crippen molar-refractivity contribution in [2.75, 3.05) is 7.11 Å². The van der Waals surface area contributed by atoms with Crippen molar-refractivity contribution in [2.45, 2.75) is 12.3 Å². The first-order chi connectivity index (χ1) is 9.02. The van der Waals surface area contributed by atoms with E-state index in [1.54, 1.807) is 7.11 Å². The molecule has 0 spiro atoms. The highest BCUT2D eigenvalue weighted by molar-refractivity contribution is 9.11. The van der Waals surface area contributed by atoms with Gasteiger partial charge in [0.25, 0.3) is 0 Å². The average molecular weight is 405 g/mol. The zero-order valence-corrected chi connectivity index (χ0v) is 14.5. The Bertz CT molecular complexity index is 581. The summed E-state index contributed by atoms with van der Waals surface area (Å²) in [4.78, 5) is 0. The number of hydrogen-bond donors (Lipinski definition) is 0. The molecular formula is C15H13Br2ClO. The van der Waals surface area contributed by atoms with E-state index in [0.29, 0.717) is 0 Å². The predicted octanol–water partition coefficient (Wildman–Crippen LogP) is 5.86. The SMILES string of the molecule is COc1ccc(C(Cl)c2cc(Br)c(C)cc2Br)cc1. The molecule has 0 heterocycles. The summed E-state index contributed by atoms with van der Waals surface area (Å²) in [6.45, 7) is 2.05. The van der Waals surface area contributed by atoms with Crippen molar-refractivity contribution in [1.82, 2.24) is 0 Å². The van der Waals surface area contributed by atoms with Crippen LogP contribution >= 0.6 is 43.5 Å². The molecule has 0 fully saturated rings. The minimum Gasteiger partial charge on any atom is -0.497 e. The van der Waals surface area contributed by atoms with Crippen LogP contribution in [0.25, 0.3) is 0 Å². The van der Waals surface area contributed by atoms with E-state index in [1.165, 1.54) is 5.56 Å². The molecule has 1 nitrogen and oxygen atoms in total. The number of benzene rings is 2. The number of halogens is 3. The Labute approximate surface area is 135 Å². The minimum absolute atomic E-state index is 0.197. The lowest BCUT2D eigenvalue weighted by Crippen LogP contribution is -1.96. The highest BCUT2D eigenvalue weighted by atomic mass is 79.9. The Morgan fingerprint density at radius 3 is 2.26 bits per heavy atom. The molecule has 2 aromatic carbocycles. The van der Waals surface area contributed by atoms with Gasteiger partial charge in [0.15, 0.2) is 0 Å². The van der Waals surface area contributed by atoms with Gasteiger partial charge in [0, 0.05) is 8.95 Å². The summed E-state index contributed by atoms with van der Waals surface area (Å²) in [6, 6.07) is 11.9. The molecule has 2 aromatic rings. The van der Waals surface area contributed by atoms with Crippen LogP contribution in [0, 0.1) is 6.92 Å². The second kappa shape index (κ2) is 6.29. The van der Waals surface area contributed by atoms with Crippen LogP contribution in [0.3, 0.4) is 0 Å². The van der Waals surface area contributed by atoms with Crippen LogP contribution in [-0.4, -0.2) is 7.11 Å². The number of rotatable bonds is 3. The maximum Gasteiger partial charge on any atom is 0.118 e. The maximum atomic E-state index is 6.57. The quantitative estimate of drug-likeness (QED) is 0.583. The van der Waals surface area contributed by atoms with Crippen molar-refractivity contribution in [2.24, 2.45) is 0 Å². The summed E-state index contributed by atoms with van der Waals surface area (Å²) in [5.41, 5.74) is 3.26. The van der Waals surface area contributed by atoms with Gasteiger partial charge >= 0.3 is 0 Å². The van der Waals surface area contributed by atoms with Crippen molar-refractivity contribution >= 4 is 43.5 Å². The molecule has 0 aliphatic rings. The lowest BCUT2D eigenvalue weighted by atomic mass is 10.0. The predicted molar refractivity (Wildman–Crippen MR) is 87.3 cm³/mol. The Kier molecular flexibility index (Phi) is 4.93. The van der Waals surface area contributed by atoms with E-state index >= 15 is 0 Å². The van der Waals surface area contributed by atoms with E-state index in [1.807, 2.05) is 24.3 Å². The third-order valence-corrected chi connectivity index (χ3v) is 4.99. The van der Waals surface area contributed by atoms with E-state index in [0.717, 1.165) is 25.8 Å². The summed E-state index contributed by atoms with van der Waals surface area (Å²) < 4.78 is 7.23. The van der Waals surface area contributed by atoms with Crippen molar-refractivity contribution in [1.29, 1.82) is 0 Å². The van der Waals surface area contributed by atoms with Gasteiger partial charge in [0.05, 0.1) is 12.5 Å². The molecule has 19 heavy (non-hydrogen) atoms. The molecule has 0 N–H and O–H groups in total. The second-order valence-electron chi connectivity index (χ2n) is 4.26. The number of ether oxygens (including phenoxy) is 1. The van der Waals surface area contributed by atoms with Gasteiger partial charge in [-0.25, -0.2) is 0 Å². The zero-order valence-electron chi connectivity index (χ0n) is 10.6. The summed E-state index contributed by atoms with van der Waals surface area (Å²) in [7, 11) is 1.65. The average Bonchev–Trinajstić information content (AvgIpc) is 2.42. The van der Waals surface area contributed by atoms with E-state index in [-0.39, 0.29) is 5.38 Å². The molecule has 2 rings (SSSR count). The third-order valence-electron chi connectivity index (χ3n) is 2.96. The normalized spacial score (nSPS) is 12.3. The van der Waals surface area contributed by atoms with Crippen LogP contribution in [0.5, 0.6) is 5.75 Å². The van der Waals surface area contributed by atoms with Crippen LogP contribution < -0.4 is 4.74 Å². The fourth-order valence-electron chi connectivity index (χ4n) is 1.81. The highest BCUT2D eigenvalue weighted by Crippen LogP contribution is 2.37. The Balaban J connectivity index is 2.37. The summed E-state index contributed by atoms with van der Waals surface area (Å²) >= 11 is 13.7. The second-order valence-corrected chi connectivity index (χ2v) is 6.40. The van der Waals surface area contributed by atoms with Gasteiger partial charge in [-0.1, -0.05) is 44.0 Å². The van der Waals surface area contributed by atoms with E-state index in [4.69, 9.17) is 16.3 Å². The Morgan fingerprint density at radius 1 is 1.05 bits per heavy atom. The van der Waals surface area contributed by atoms with E-state index < -0.39 is 0 Å². The minimum atomic E-state index is -0.197. The number of aryl methyl sites for hydroxylation is 1. The van der Waals surface area contributed by atoms with Gasteiger partial charge < -0.3 is 4.74 Å². The van der Waals surface area contributed by atoms with Gasteiger partial charge in [0.1, 0.15) is 5.75 Å². The smallest absolute Gasteiger partial charge is 0.118 e. The van der Waals surface area contributed by atoms with Crippen molar-refractivity contribution < 1.29 is 4.74 Å². The fourth-order valence-corrected chi connectivity index (χ4v) is 3.31. The highest BCUT2D eigenvalue weighted by Gasteiger charge is 2.15. The van der Waals surface area contributed by atoms with Crippen LogP contribution in [0.15, 0.2) is 45.3 Å². The van der Waals surface area contributed by atoms with Gasteiger partial charge in [0.2, 0.25) is 0 Å². The lowest BCUT2D eigenvalue weighted by molar-refractivity contribution is 0.414. The van der Waals surface area contributed by atoms with E-state index in [2.05, 4.69) is 50.9 Å². The molecule has 0 aliphatic heterocycles. The summed E-state index contributed by atoms with van der Waals surface area (Å²) in [6.07, 6.45) is 0. The van der Waals surface area contributed by atoms with Crippen molar-refractivity contribution in [3.05, 3.63) is 62.0 Å². The Hall–Kier alpha value is -0.510. The van der Waals surface area contributed by atoms with Gasteiger partial charge in [-0.15, -0.1) is 11.6 Å². The van der Waals surface area contributed by atoms with Crippen LogP contribution in [-0.2, 0) is 0 Å². The van der Waals surface area contributed by atoms with E-state index in [9.17, 15) is 0 Å². The number of hydrogen-bond acceptors (Lipinski definition) is 1. The Morgan fingerprint density at radius 2 is 1.68 bits per heavy atom.